The van der Waals surface area contributed by atoms with E-state index in [-0.39, 0.29) is 0 Å². The number of rotatable bonds is 2. The van der Waals surface area contributed by atoms with E-state index in [2.05, 4.69) is 5.32 Å². The van der Waals surface area contributed by atoms with E-state index in [0.29, 0.717) is 0 Å². The van der Waals surface area contributed by atoms with Crippen LogP contribution in [0.2, 0.25) is 6.82 Å². The molecule has 0 heterocycles. The van der Waals surface area contributed by atoms with Gasteiger partial charge in [-0.25, -0.2) is 0 Å². The Balaban J connectivity index is 0. The maximum atomic E-state index is 8.81. The first-order valence-electron chi connectivity index (χ1n) is 2.57. The number of hydrogen-bond acceptors (Lipinski definition) is 3. The topological polar surface area (TPSA) is 55.1 Å². The van der Waals surface area contributed by atoms with Gasteiger partial charge in [0.05, 0.1) is 0 Å². The number of likely N-dealkylation sites (N-methyl/N-ethyl adjacent to an activating group) is 1. The normalized spacial score (nSPS) is 6.38. The zero-order valence-electron chi connectivity index (χ0n) is 5.48. The van der Waals surface area contributed by atoms with Crippen LogP contribution in [0, 0.1) is 0 Å². The molecule has 0 aromatic rings. The molecule has 0 saturated heterocycles. The molecule has 0 atom stereocenters. The molecule has 3 nitrogen and oxygen atoms in total. The summed E-state index contributed by atoms with van der Waals surface area (Å²) in [5.74, 6) is 0. The van der Waals surface area contributed by atoms with Crippen molar-refractivity contribution in [2.24, 2.45) is 5.73 Å². The van der Waals surface area contributed by atoms with Gasteiger partial charge >= 0.3 is 18.7 Å². The Morgan fingerprint density at radius 2 is 2.12 bits per heavy atom. The first-order chi connectivity index (χ1) is 3.83. The molecule has 0 aliphatic heterocycles. The largest absolute Gasteiger partial charge is 0.329 e. The van der Waals surface area contributed by atoms with E-state index >= 15 is 0 Å². The molecule has 0 unspecified atom stereocenters. The molecular formula is C4H13BN2O. The Bertz CT molecular complexity index is 41.0. The van der Waals surface area contributed by atoms with Crippen molar-refractivity contribution in [3.8, 4) is 0 Å². The van der Waals surface area contributed by atoms with Crippen molar-refractivity contribution in [1.82, 2.24) is 5.32 Å². The average Bonchev–Trinajstić information content (AvgIpc) is 1.71. The molecule has 0 aliphatic carbocycles. The Kier molecular flexibility index (Phi) is 21.2. The van der Waals surface area contributed by atoms with E-state index in [9.17, 15) is 0 Å². The first-order valence-corrected chi connectivity index (χ1v) is 2.57. The predicted molar refractivity (Wildman–Crippen MR) is 35.3 cm³/mol. The molecule has 0 aromatic carbocycles. The summed E-state index contributed by atoms with van der Waals surface area (Å²) in [6, 6.07) is 0. The number of nitrogens with two attached hydrogens (primary N) is 1. The van der Waals surface area contributed by atoms with Gasteiger partial charge in [-0.2, -0.15) is 0 Å². The van der Waals surface area contributed by atoms with E-state index in [1.807, 2.05) is 7.05 Å². The van der Waals surface area contributed by atoms with E-state index in [4.69, 9.17) is 10.4 Å². The zero-order valence-corrected chi connectivity index (χ0v) is 5.48. The minimum atomic E-state index is 0.733. The fraction of sp³-hybridized carbons (Fsp3) is 1.00. The second kappa shape index (κ2) is 15.8. The summed E-state index contributed by atoms with van der Waals surface area (Å²) in [6.07, 6.45) is 0. The van der Waals surface area contributed by atoms with Gasteiger partial charge < -0.3 is 11.1 Å². The molecule has 0 aliphatic rings. The molecule has 0 fully saturated rings. The third-order valence-corrected chi connectivity index (χ3v) is 0.394. The molecule has 8 heavy (non-hydrogen) atoms. The quantitative estimate of drug-likeness (QED) is 0.466. The van der Waals surface area contributed by atoms with Crippen LogP contribution in [0.3, 0.4) is 0 Å². The maximum Gasteiger partial charge on any atom is 0.00714 e. The molecule has 0 amide bonds. The van der Waals surface area contributed by atoms with Gasteiger partial charge in [0.1, 0.15) is 0 Å². The smallest absolute Gasteiger partial charge is 0.00714 e. The molecule has 0 aromatic heterocycles. The SMILES string of the molecule is CB=O.CNCCN. The fourth-order valence-corrected chi connectivity index (χ4v) is 0.144. The summed E-state index contributed by atoms with van der Waals surface area (Å²) in [4.78, 5) is 0. The average molecular weight is 116 g/mol. The molecule has 0 spiro atoms. The fourth-order valence-electron chi connectivity index (χ4n) is 0.144. The summed E-state index contributed by atoms with van der Waals surface area (Å²) < 4.78 is 8.81. The molecular weight excluding hydrogens is 103 g/mol. The van der Waals surface area contributed by atoms with Crippen LogP contribution >= 0.6 is 0 Å². The Morgan fingerprint density at radius 1 is 1.75 bits per heavy atom. The number of nitrogens with one attached hydrogen (secondary N) is 1. The second-order valence-electron chi connectivity index (χ2n) is 1.13. The van der Waals surface area contributed by atoms with Gasteiger partial charge in [-0.3, -0.25) is 0 Å². The van der Waals surface area contributed by atoms with Crippen molar-refractivity contribution < 1.29 is 4.70 Å². The molecule has 4 heteroatoms. The summed E-state index contributed by atoms with van der Waals surface area (Å²) in [6.45, 7) is 3.09. The second-order valence-corrected chi connectivity index (χ2v) is 1.13. The van der Waals surface area contributed by atoms with Crippen molar-refractivity contribution in [3.63, 3.8) is 0 Å². The third kappa shape index (κ3) is 41.6. The molecule has 3 N–H and O–H groups in total. The van der Waals surface area contributed by atoms with Crippen molar-refractivity contribution in [2.75, 3.05) is 20.1 Å². The molecule has 0 bridgehead atoms. The minimum Gasteiger partial charge on any atom is -0.329 e. The van der Waals surface area contributed by atoms with Crippen molar-refractivity contribution in [1.29, 1.82) is 0 Å². The predicted octanol–water partition coefficient (Wildman–Crippen LogP) is -0.751. The van der Waals surface area contributed by atoms with Crippen LogP contribution in [0.1, 0.15) is 0 Å². The molecule has 0 saturated carbocycles. The Labute approximate surface area is 50.9 Å². The molecule has 0 rings (SSSR count). The Morgan fingerprint density at radius 3 is 2.12 bits per heavy atom. The van der Waals surface area contributed by atoms with Gasteiger partial charge in [0.15, 0.2) is 0 Å². The third-order valence-electron chi connectivity index (χ3n) is 0.394. The van der Waals surface area contributed by atoms with Crippen LogP contribution in [-0.4, -0.2) is 27.3 Å². The van der Waals surface area contributed by atoms with E-state index < -0.39 is 0 Å². The minimum absolute atomic E-state index is 0.733. The van der Waals surface area contributed by atoms with Gasteiger partial charge in [0.25, 0.3) is 0 Å². The van der Waals surface area contributed by atoms with Crippen LogP contribution in [0.5, 0.6) is 0 Å². The summed E-state index contributed by atoms with van der Waals surface area (Å²) >= 11 is 0. The summed E-state index contributed by atoms with van der Waals surface area (Å²) in [5.41, 5.74) is 5.08. The van der Waals surface area contributed by atoms with Crippen LogP contribution in [-0.2, 0) is 4.70 Å². The van der Waals surface area contributed by atoms with Crippen LogP contribution in [0.15, 0.2) is 0 Å². The van der Waals surface area contributed by atoms with Gasteiger partial charge in [-0.05, 0) is 7.05 Å². The molecule has 48 valence electrons. The van der Waals surface area contributed by atoms with Gasteiger partial charge in [-0.15, -0.1) is 0 Å². The summed E-state index contributed by atoms with van der Waals surface area (Å²) in [7, 11) is 2.63. The first kappa shape index (κ1) is 10.7. The van der Waals surface area contributed by atoms with Crippen LogP contribution in [0.25, 0.3) is 0 Å². The standard InChI is InChI=1S/C3H10N2.CH3BO/c1-5-3-2-4;1-2-3/h5H,2-4H2,1H3;1H3. The molecule has 0 radical (unpaired) electrons. The van der Waals surface area contributed by atoms with E-state index in [1.165, 1.54) is 6.82 Å². The van der Waals surface area contributed by atoms with Gasteiger partial charge in [-0.1, -0.05) is 0 Å². The summed E-state index contributed by atoms with van der Waals surface area (Å²) in [5, 5.41) is 2.89. The van der Waals surface area contributed by atoms with Crippen molar-refractivity contribution >= 4 is 7.15 Å². The van der Waals surface area contributed by atoms with Crippen LogP contribution < -0.4 is 11.1 Å². The Hall–Kier alpha value is -0.215. The zero-order chi connectivity index (χ0) is 6.83. The van der Waals surface area contributed by atoms with Crippen molar-refractivity contribution in [2.45, 2.75) is 6.82 Å². The maximum absolute atomic E-state index is 8.81. The van der Waals surface area contributed by atoms with Gasteiger partial charge in [0.2, 0.25) is 0 Å². The van der Waals surface area contributed by atoms with Crippen molar-refractivity contribution in [3.05, 3.63) is 0 Å². The van der Waals surface area contributed by atoms with Gasteiger partial charge in [0, 0.05) is 13.1 Å². The monoisotopic (exact) mass is 116 g/mol. The van der Waals surface area contributed by atoms with Crippen LogP contribution in [0.4, 0.5) is 0 Å². The van der Waals surface area contributed by atoms with E-state index in [0.717, 1.165) is 20.2 Å². The number of hydrogen-bond donors (Lipinski definition) is 2. The van der Waals surface area contributed by atoms with E-state index in [1.54, 1.807) is 0 Å².